The van der Waals surface area contributed by atoms with Crippen LogP contribution >= 0.6 is 0 Å². The number of carboxylic acids is 1. The van der Waals surface area contributed by atoms with Crippen LogP contribution in [0.25, 0.3) is 0 Å². The molecule has 0 aliphatic rings. The Morgan fingerprint density at radius 1 is 1.30 bits per heavy atom. The first kappa shape index (κ1) is 15.9. The van der Waals surface area contributed by atoms with Crippen LogP contribution in [-0.2, 0) is 9.47 Å². The fourth-order valence-electron chi connectivity index (χ4n) is 1.28. The standard InChI is InChI=1S/C12H17N3O5/c1-19-4-5-20-3-2-14-12(18)15-10-6-9(11(16)17)7-13-8-10/h6-8H,2-5H2,1H3,(H,16,17)(H2,14,15,18). The summed E-state index contributed by atoms with van der Waals surface area (Å²) in [6.45, 7) is 1.66. The third kappa shape index (κ3) is 6.12. The molecular weight excluding hydrogens is 266 g/mol. The first-order chi connectivity index (χ1) is 9.63. The second-order valence-corrected chi connectivity index (χ2v) is 3.75. The second-order valence-electron chi connectivity index (χ2n) is 3.75. The number of methoxy groups -OCH3 is 1. The van der Waals surface area contributed by atoms with E-state index in [0.717, 1.165) is 0 Å². The Hall–Kier alpha value is -2.19. The number of carbonyl (C=O) groups excluding carboxylic acids is 1. The van der Waals surface area contributed by atoms with E-state index in [9.17, 15) is 9.59 Å². The number of amides is 2. The van der Waals surface area contributed by atoms with Crippen LogP contribution in [0.2, 0.25) is 0 Å². The number of carbonyl (C=O) groups is 2. The minimum absolute atomic E-state index is 0.00528. The Bertz CT molecular complexity index is 452. The van der Waals surface area contributed by atoms with Crippen molar-refractivity contribution in [3.8, 4) is 0 Å². The van der Waals surface area contributed by atoms with Crippen molar-refractivity contribution in [3.63, 3.8) is 0 Å². The number of aromatic nitrogens is 1. The van der Waals surface area contributed by atoms with E-state index in [4.69, 9.17) is 14.6 Å². The van der Waals surface area contributed by atoms with Crippen LogP contribution < -0.4 is 10.6 Å². The largest absolute Gasteiger partial charge is 0.478 e. The maximum atomic E-state index is 11.5. The molecule has 0 aliphatic heterocycles. The van der Waals surface area contributed by atoms with Gasteiger partial charge in [0.25, 0.3) is 0 Å². The lowest BCUT2D eigenvalue weighted by Gasteiger charge is -2.08. The summed E-state index contributed by atoms with van der Waals surface area (Å²) in [6.07, 6.45) is 2.57. The van der Waals surface area contributed by atoms with Crippen molar-refractivity contribution in [1.29, 1.82) is 0 Å². The fraction of sp³-hybridized carbons (Fsp3) is 0.417. The summed E-state index contributed by atoms with van der Waals surface area (Å²) in [7, 11) is 1.58. The van der Waals surface area contributed by atoms with E-state index >= 15 is 0 Å². The molecule has 0 saturated carbocycles. The average Bonchev–Trinajstić information content (AvgIpc) is 2.43. The normalized spacial score (nSPS) is 10.1. The molecule has 3 N–H and O–H groups in total. The lowest BCUT2D eigenvalue weighted by molar-refractivity contribution is 0.0696. The molecule has 1 heterocycles. The number of aromatic carboxylic acids is 1. The predicted molar refractivity (Wildman–Crippen MR) is 70.9 cm³/mol. The number of nitrogens with zero attached hydrogens (tertiary/aromatic N) is 1. The number of carboxylic acid groups (broad SMARTS) is 1. The molecule has 8 heteroatoms. The number of urea groups is 1. The van der Waals surface area contributed by atoms with Crippen molar-refractivity contribution in [2.45, 2.75) is 0 Å². The molecule has 0 radical (unpaired) electrons. The SMILES string of the molecule is COCCOCCNC(=O)Nc1cncc(C(=O)O)c1. The van der Waals surface area contributed by atoms with Crippen LogP contribution in [0, 0.1) is 0 Å². The number of rotatable bonds is 8. The van der Waals surface area contributed by atoms with Crippen LogP contribution in [-0.4, -0.2) is 55.6 Å². The lowest BCUT2D eigenvalue weighted by Crippen LogP contribution is -2.31. The molecule has 1 aromatic rings. The van der Waals surface area contributed by atoms with E-state index < -0.39 is 12.0 Å². The monoisotopic (exact) mass is 283 g/mol. The first-order valence-electron chi connectivity index (χ1n) is 5.93. The summed E-state index contributed by atoms with van der Waals surface area (Å²) < 4.78 is 9.97. The summed E-state index contributed by atoms with van der Waals surface area (Å²) >= 11 is 0. The molecular formula is C12H17N3O5. The summed E-state index contributed by atoms with van der Waals surface area (Å²) in [5, 5.41) is 13.8. The quantitative estimate of drug-likeness (QED) is 0.601. The highest BCUT2D eigenvalue weighted by atomic mass is 16.5. The number of nitrogens with one attached hydrogen (secondary N) is 2. The van der Waals surface area contributed by atoms with E-state index in [1.807, 2.05) is 0 Å². The lowest BCUT2D eigenvalue weighted by atomic mass is 10.3. The molecule has 8 nitrogen and oxygen atoms in total. The zero-order valence-corrected chi connectivity index (χ0v) is 11.1. The van der Waals surface area contributed by atoms with E-state index in [1.54, 1.807) is 7.11 Å². The molecule has 0 spiro atoms. The molecule has 1 rings (SSSR count). The highest BCUT2D eigenvalue weighted by molar-refractivity contribution is 5.92. The van der Waals surface area contributed by atoms with Crippen molar-refractivity contribution in [3.05, 3.63) is 24.0 Å². The molecule has 0 fully saturated rings. The number of pyridine rings is 1. The van der Waals surface area contributed by atoms with Gasteiger partial charge in [-0.25, -0.2) is 9.59 Å². The van der Waals surface area contributed by atoms with Crippen LogP contribution in [0.15, 0.2) is 18.5 Å². The van der Waals surface area contributed by atoms with Gasteiger partial charge in [-0.3, -0.25) is 4.98 Å². The third-order valence-electron chi connectivity index (χ3n) is 2.21. The van der Waals surface area contributed by atoms with Crippen LogP contribution in [0.5, 0.6) is 0 Å². The van der Waals surface area contributed by atoms with Gasteiger partial charge in [-0.05, 0) is 6.07 Å². The molecule has 1 aromatic heterocycles. The second kappa shape index (κ2) is 8.83. The van der Waals surface area contributed by atoms with Gasteiger partial charge in [-0.15, -0.1) is 0 Å². The maximum absolute atomic E-state index is 11.5. The van der Waals surface area contributed by atoms with Gasteiger partial charge in [-0.2, -0.15) is 0 Å². The van der Waals surface area contributed by atoms with E-state index in [2.05, 4.69) is 15.6 Å². The van der Waals surface area contributed by atoms with Crippen molar-refractivity contribution >= 4 is 17.7 Å². The zero-order valence-electron chi connectivity index (χ0n) is 11.1. The molecule has 0 aromatic carbocycles. The van der Waals surface area contributed by atoms with Gasteiger partial charge in [-0.1, -0.05) is 0 Å². The summed E-state index contributed by atoms with van der Waals surface area (Å²) in [6, 6.07) is 0.869. The van der Waals surface area contributed by atoms with Crippen molar-refractivity contribution in [2.75, 3.05) is 38.8 Å². The van der Waals surface area contributed by atoms with Gasteiger partial charge in [0.15, 0.2) is 0 Å². The summed E-state index contributed by atoms with van der Waals surface area (Å²) in [5.41, 5.74) is 0.313. The van der Waals surface area contributed by atoms with E-state index in [-0.39, 0.29) is 5.56 Å². The highest BCUT2D eigenvalue weighted by Crippen LogP contribution is 2.07. The van der Waals surface area contributed by atoms with Gasteiger partial charge in [0, 0.05) is 19.9 Å². The number of anilines is 1. The van der Waals surface area contributed by atoms with Gasteiger partial charge < -0.3 is 25.2 Å². The van der Waals surface area contributed by atoms with Crippen molar-refractivity contribution in [2.24, 2.45) is 0 Å². The minimum atomic E-state index is -1.10. The Morgan fingerprint density at radius 3 is 2.80 bits per heavy atom. The maximum Gasteiger partial charge on any atom is 0.337 e. The molecule has 0 aliphatic carbocycles. The Labute approximate surface area is 116 Å². The smallest absolute Gasteiger partial charge is 0.337 e. The molecule has 0 atom stereocenters. The molecule has 0 unspecified atom stereocenters. The van der Waals surface area contributed by atoms with Gasteiger partial charge in [0.05, 0.1) is 37.3 Å². The Morgan fingerprint density at radius 2 is 2.10 bits per heavy atom. The summed E-state index contributed by atoms with van der Waals surface area (Å²) in [4.78, 5) is 26.0. The van der Waals surface area contributed by atoms with Crippen molar-refractivity contribution in [1.82, 2.24) is 10.3 Å². The molecule has 0 saturated heterocycles. The van der Waals surface area contributed by atoms with Crippen LogP contribution in [0.4, 0.5) is 10.5 Å². The number of hydrogen-bond acceptors (Lipinski definition) is 5. The van der Waals surface area contributed by atoms with Crippen molar-refractivity contribution < 1.29 is 24.2 Å². The molecule has 0 bridgehead atoms. The van der Waals surface area contributed by atoms with Crippen LogP contribution in [0.1, 0.15) is 10.4 Å². The van der Waals surface area contributed by atoms with Gasteiger partial charge >= 0.3 is 12.0 Å². The predicted octanol–water partition coefficient (Wildman–Crippen LogP) is 0.564. The van der Waals surface area contributed by atoms with Crippen LogP contribution in [0.3, 0.4) is 0 Å². The first-order valence-corrected chi connectivity index (χ1v) is 5.93. The Balaban J connectivity index is 2.28. The van der Waals surface area contributed by atoms with Gasteiger partial charge in [0.1, 0.15) is 0 Å². The molecule has 20 heavy (non-hydrogen) atoms. The topological polar surface area (TPSA) is 110 Å². The molecule has 2 amide bonds. The van der Waals surface area contributed by atoms with E-state index in [0.29, 0.717) is 32.1 Å². The summed E-state index contributed by atoms with van der Waals surface area (Å²) in [5.74, 6) is -1.10. The zero-order chi connectivity index (χ0) is 14.8. The van der Waals surface area contributed by atoms with E-state index in [1.165, 1.54) is 18.5 Å². The van der Waals surface area contributed by atoms with Gasteiger partial charge in [0.2, 0.25) is 0 Å². The minimum Gasteiger partial charge on any atom is -0.478 e. The fourth-order valence-corrected chi connectivity index (χ4v) is 1.28. The average molecular weight is 283 g/mol. The highest BCUT2D eigenvalue weighted by Gasteiger charge is 2.06. The number of hydrogen-bond donors (Lipinski definition) is 3. The third-order valence-corrected chi connectivity index (χ3v) is 2.21. The molecule has 110 valence electrons. The number of ether oxygens (including phenoxy) is 2. The Kier molecular flexibility index (Phi) is 7.01.